The second kappa shape index (κ2) is 7.31. The molecule has 0 radical (unpaired) electrons. The van der Waals surface area contributed by atoms with Crippen LogP contribution in [0.1, 0.15) is 44.6 Å². The monoisotopic (exact) mass is 248 g/mol. The molecule has 0 aromatic carbocycles. The van der Waals surface area contributed by atoms with E-state index in [1.807, 2.05) is 6.20 Å². The fourth-order valence-electron chi connectivity index (χ4n) is 2.44. The molecule has 1 fully saturated rings. The topological polar surface area (TPSA) is 41.1 Å². The molecule has 0 spiro atoms. The van der Waals surface area contributed by atoms with Crippen molar-refractivity contribution in [1.29, 1.82) is 0 Å². The maximum Gasteiger partial charge on any atom is 0.136 e. The Hall–Kier alpha value is -1.16. The summed E-state index contributed by atoms with van der Waals surface area (Å²) in [4.78, 5) is 11.1. The molecule has 2 heterocycles. The average molecular weight is 248 g/mol. The standard InChI is InChI=1S/C14H24N4/c1-2-7-15-10-13-11-16-12-17-14(13)18-8-5-3-4-6-9-18/h11-12,15H,2-10H2,1H3. The van der Waals surface area contributed by atoms with E-state index < -0.39 is 0 Å². The molecule has 0 unspecified atom stereocenters. The zero-order valence-corrected chi connectivity index (χ0v) is 11.4. The fraction of sp³-hybridized carbons (Fsp3) is 0.714. The number of aromatic nitrogens is 2. The number of nitrogens with zero attached hydrogens (tertiary/aromatic N) is 3. The largest absolute Gasteiger partial charge is 0.356 e. The van der Waals surface area contributed by atoms with E-state index >= 15 is 0 Å². The van der Waals surface area contributed by atoms with Gasteiger partial charge in [-0.1, -0.05) is 19.8 Å². The third kappa shape index (κ3) is 3.67. The van der Waals surface area contributed by atoms with Gasteiger partial charge in [-0.25, -0.2) is 9.97 Å². The first-order valence-electron chi connectivity index (χ1n) is 7.16. The van der Waals surface area contributed by atoms with Crippen LogP contribution in [0.4, 0.5) is 5.82 Å². The van der Waals surface area contributed by atoms with Gasteiger partial charge in [0.1, 0.15) is 12.1 Å². The Morgan fingerprint density at radius 1 is 1.22 bits per heavy atom. The van der Waals surface area contributed by atoms with Crippen molar-refractivity contribution >= 4 is 5.82 Å². The molecule has 1 N–H and O–H groups in total. The lowest BCUT2D eigenvalue weighted by Crippen LogP contribution is -2.27. The molecule has 1 aromatic rings. The predicted octanol–water partition coefficient (Wildman–Crippen LogP) is 2.36. The summed E-state index contributed by atoms with van der Waals surface area (Å²) in [6, 6.07) is 0. The minimum absolute atomic E-state index is 0.876. The molecule has 0 atom stereocenters. The van der Waals surface area contributed by atoms with Gasteiger partial charge in [0.15, 0.2) is 0 Å². The first kappa shape index (κ1) is 13.3. The van der Waals surface area contributed by atoms with E-state index in [9.17, 15) is 0 Å². The van der Waals surface area contributed by atoms with Gasteiger partial charge in [-0.05, 0) is 25.8 Å². The van der Waals surface area contributed by atoms with Crippen LogP contribution >= 0.6 is 0 Å². The highest BCUT2D eigenvalue weighted by Crippen LogP contribution is 2.20. The molecule has 1 aliphatic rings. The molecular weight excluding hydrogens is 224 g/mol. The highest BCUT2D eigenvalue weighted by Gasteiger charge is 2.14. The lowest BCUT2D eigenvalue weighted by Gasteiger charge is -2.23. The summed E-state index contributed by atoms with van der Waals surface area (Å²) >= 11 is 0. The molecule has 100 valence electrons. The van der Waals surface area contributed by atoms with E-state index in [0.29, 0.717) is 0 Å². The van der Waals surface area contributed by atoms with Gasteiger partial charge in [0, 0.05) is 31.4 Å². The van der Waals surface area contributed by atoms with Gasteiger partial charge < -0.3 is 10.2 Å². The molecule has 0 aliphatic carbocycles. The van der Waals surface area contributed by atoms with Crippen molar-refractivity contribution in [2.45, 2.75) is 45.6 Å². The van der Waals surface area contributed by atoms with Crippen molar-refractivity contribution in [1.82, 2.24) is 15.3 Å². The number of hydrogen-bond acceptors (Lipinski definition) is 4. The summed E-state index contributed by atoms with van der Waals surface area (Å²) in [6.07, 6.45) is 10.1. The fourth-order valence-corrected chi connectivity index (χ4v) is 2.44. The van der Waals surface area contributed by atoms with Crippen LogP contribution in [-0.4, -0.2) is 29.6 Å². The summed E-state index contributed by atoms with van der Waals surface area (Å²) in [5.74, 6) is 1.13. The summed E-state index contributed by atoms with van der Waals surface area (Å²) in [5.41, 5.74) is 1.23. The van der Waals surface area contributed by atoms with E-state index in [1.165, 1.54) is 31.2 Å². The lowest BCUT2D eigenvalue weighted by atomic mass is 10.2. The third-order valence-corrected chi connectivity index (χ3v) is 3.41. The molecule has 1 aliphatic heterocycles. The molecule has 1 saturated heterocycles. The van der Waals surface area contributed by atoms with Crippen molar-refractivity contribution in [2.24, 2.45) is 0 Å². The Balaban J connectivity index is 2.05. The lowest BCUT2D eigenvalue weighted by molar-refractivity contribution is 0.665. The smallest absolute Gasteiger partial charge is 0.136 e. The van der Waals surface area contributed by atoms with Gasteiger partial charge in [0.25, 0.3) is 0 Å². The molecule has 0 bridgehead atoms. The first-order chi connectivity index (χ1) is 8.92. The minimum atomic E-state index is 0.876. The molecule has 4 heteroatoms. The van der Waals surface area contributed by atoms with Crippen LogP contribution < -0.4 is 10.2 Å². The first-order valence-corrected chi connectivity index (χ1v) is 7.16. The molecule has 4 nitrogen and oxygen atoms in total. The zero-order valence-electron chi connectivity index (χ0n) is 11.4. The van der Waals surface area contributed by atoms with Crippen molar-refractivity contribution in [3.8, 4) is 0 Å². The SMILES string of the molecule is CCCNCc1cncnc1N1CCCCCC1. The van der Waals surface area contributed by atoms with Gasteiger partial charge in [0.2, 0.25) is 0 Å². The zero-order chi connectivity index (χ0) is 12.6. The number of rotatable bonds is 5. The van der Waals surface area contributed by atoms with E-state index in [0.717, 1.165) is 38.4 Å². The van der Waals surface area contributed by atoms with Gasteiger partial charge in [-0.15, -0.1) is 0 Å². The molecule has 2 rings (SSSR count). The van der Waals surface area contributed by atoms with Crippen LogP contribution in [0.5, 0.6) is 0 Å². The van der Waals surface area contributed by atoms with E-state index in [1.54, 1.807) is 6.33 Å². The van der Waals surface area contributed by atoms with Gasteiger partial charge in [-0.3, -0.25) is 0 Å². The summed E-state index contributed by atoms with van der Waals surface area (Å²) < 4.78 is 0. The highest BCUT2D eigenvalue weighted by atomic mass is 15.2. The maximum absolute atomic E-state index is 4.50. The second-order valence-electron chi connectivity index (χ2n) is 4.95. The predicted molar refractivity (Wildman–Crippen MR) is 74.7 cm³/mol. The summed E-state index contributed by atoms with van der Waals surface area (Å²) in [5, 5.41) is 3.44. The number of nitrogens with one attached hydrogen (secondary N) is 1. The van der Waals surface area contributed by atoms with Crippen molar-refractivity contribution in [3.63, 3.8) is 0 Å². The average Bonchev–Trinajstić information content (AvgIpc) is 2.68. The Morgan fingerprint density at radius 2 is 2.00 bits per heavy atom. The molecule has 18 heavy (non-hydrogen) atoms. The third-order valence-electron chi connectivity index (χ3n) is 3.41. The molecule has 0 saturated carbocycles. The van der Waals surface area contributed by atoms with Crippen LogP contribution in [0.3, 0.4) is 0 Å². The van der Waals surface area contributed by atoms with E-state index in [4.69, 9.17) is 0 Å². The van der Waals surface area contributed by atoms with Crippen LogP contribution in [0, 0.1) is 0 Å². The van der Waals surface area contributed by atoms with Gasteiger partial charge in [0.05, 0.1) is 0 Å². The van der Waals surface area contributed by atoms with Crippen molar-refractivity contribution < 1.29 is 0 Å². The van der Waals surface area contributed by atoms with Crippen LogP contribution in [0.25, 0.3) is 0 Å². The molecule has 1 aromatic heterocycles. The van der Waals surface area contributed by atoms with E-state index in [-0.39, 0.29) is 0 Å². The number of hydrogen-bond donors (Lipinski definition) is 1. The quantitative estimate of drug-likeness (QED) is 0.812. The summed E-state index contributed by atoms with van der Waals surface area (Å²) in [6.45, 7) is 6.38. The highest BCUT2D eigenvalue weighted by molar-refractivity contribution is 5.45. The van der Waals surface area contributed by atoms with Crippen LogP contribution in [-0.2, 0) is 6.54 Å². The summed E-state index contributed by atoms with van der Waals surface area (Å²) in [7, 11) is 0. The molecular formula is C14H24N4. The number of anilines is 1. The van der Waals surface area contributed by atoms with Gasteiger partial charge in [-0.2, -0.15) is 0 Å². The van der Waals surface area contributed by atoms with E-state index in [2.05, 4.69) is 27.1 Å². The van der Waals surface area contributed by atoms with Crippen molar-refractivity contribution in [3.05, 3.63) is 18.1 Å². The normalized spacial score (nSPS) is 16.6. The minimum Gasteiger partial charge on any atom is -0.356 e. The van der Waals surface area contributed by atoms with Crippen LogP contribution in [0.15, 0.2) is 12.5 Å². The van der Waals surface area contributed by atoms with Crippen molar-refractivity contribution in [2.75, 3.05) is 24.5 Å². The Labute approximate surface area is 110 Å². The van der Waals surface area contributed by atoms with Crippen LogP contribution in [0.2, 0.25) is 0 Å². The second-order valence-corrected chi connectivity index (χ2v) is 4.95. The Bertz CT molecular complexity index is 345. The Morgan fingerprint density at radius 3 is 2.72 bits per heavy atom. The van der Waals surface area contributed by atoms with Gasteiger partial charge >= 0.3 is 0 Å². The molecule has 0 amide bonds. The Kier molecular flexibility index (Phi) is 5.39. The maximum atomic E-state index is 4.50.